The molecule has 0 aliphatic carbocycles. The van der Waals surface area contributed by atoms with Gasteiger partial charge in [-0.25, -0.2) is 4.99 Å². The molecular formula is C15H12N2S. The van der Waals surface area contributed by atoms with Crippen LogP contribution < -0.4 is 5.32 Å². The van der Waals surface area contributed by atoms with E-state index < -0.39 is 0 Å². The van der Waals surface area contributed by atoms with Gasteiger partial charge in [-0.05, 0) is 23.3 Å². The van der Waals surface area contributed by atoms with Gasteiger partial charge in [-0.2, -0.15) is 0 Å². The number of nitrogens with zero attached hydrogens (tertiary/aromatic N) is 1. The lowest BCUT2D eigenvalue weighted by Gasteiger charge is -2.14. The molecule has 1 atom stereocenters. The molecule has 2 nitrogen and oxygen atoms in total. The van der Waals surface area contributed by atoms with E-state index >= 15 is 0 Å². The summed E-state index contributed by atoms with van der Waals surface area (Å²) in [6.07, 6.45) is 0. The maximum atomic E-state index is 5.17. The summed E-state index contributed by atoms with van der Waals surface area (Å²) in [4.78, 5) is 4.45. The second kappa shape index (κ2) is 4.70. The van der Waals surface area contributed by atoms with Crippen LogP contribution >= 0.6 is 12.2 Å². The van der Waals surface area contributed by atoms with Gasteiger partial charge in [0.1, 0.15) is 0 Å². The van der Waals surface area contributed by atoms with E-state index in [2.05, 4.69) is 34.6 Å². The molecule has 1 N–H and O–H groups in total. The van der Waals surface area contributed by atoms with Crippen LogP contribution in [-0.2, 0) is 0 Å². The maximum Gasteiger partial charge on any atom is 0.193 e. The number of hydrogen-bond acceptors (Lipinski definition) is 1. The lowest BCUT2D eigenvalue weighted by Crippen LogP contribution is -2.23. The highest BCUT2D eigenvalue weighted by atomic mass is 32.1. The van der Waals surface area contributed by atoms with Crippen LogP contribution in [0.15, 0.2) is 65.7 Å². The molecule has 1 heterocycles. The van der Waals surface area contributed by atoms with Crippen molar-refractivity contribution in [2.75, 3.05) is 0 Å². The smallest absolute Gasteiger partial charge is 0.193 e. The molecule has 0 saturated carbocycles. The largest absolute Gasteiger partial charge is 0.348 e. The summed E-state index contributed by atoms with van der Waals surface area (Å²) >= 11 is 5.17. The van der Waals surface area contributed by atoms with Crippen LogP contribution in [0.25, 0.3) is 0 Å². The predicted octanol–water partition coefficient (Wildman–Crippen LogP) is 3.11. The summed E-state index contributed by atoms with van der Waals surface area (Å²) in [5, 5.41) is 3.80. The van der Waals surface area contributed by atoms with Crippen molar-refractivity contribution in [2.45, 2.75) is 6.04 Å². The molecule has 3 heteroatoms. The number of thiocarbonyl (C=S) groups is 1. The van der Waals surface area contributed by atoms with Gasteiger partial charge >= 0.3 is 0 Å². The van der Waals surface area contributed by atoms with E-state index in [1.807, 2.05) is 36.4 Å². The number of rotatable bonds is 2. The van der Waals surface area contributed by atoms with Gasteiger partial charge in [0.25, 0.3) is 0 Å². The fourth-order valence-electron chi connectivity index (χ4n) is 2.12. The first-order chi connectivity index (χ1) is 8.84. The van der Waals surface area contributed by atoms with Crippen LogP contribution in [0, 0.1) is 0 Å². The van der Waals surface area contributed by atoms with Gasteiger partial charge in [0.05, 0.1) is 11.8 Å². The van der Waals surface area contributed by atoms with Crippen LogP contribution in [0.2, 0.25) is 0 Å². The van der Waals surface area contributed by atoms with Gasteiger partial charge in [0, 0.05) is 0 Å². The second-order valence-corrected chi connectivity index (χ2v) is 4.54. The number of benzene rings is 2. The van der Waals surface area contributed by atoms with Crippen molar-refractivity contribution in [3.63, 3.8) is 0 Å². The molecule has 2 aromatic carbocycles. The molecule has 1 aliphatic rings. The molecule has 18 heavy (non-hydrogen) atoms. The average molecular weight is 252 g/mol. The molecule has 0 aromatic heterocycles. The quantitative estimate of drug-likeness (QED) is 0.831. The Morgan fingerprint density at radius 3 is 2.17 bits per heavy atom. The summed E-state index contributed by atoms with van der Waals surface area (Å²) in [6.45, 7) is 0. The summed E-state index contributed by atoms with van der Waals surface area (Å²) in [7, 11) is 0. The van der Waals surface area contributed by atoms with Gasteiger partial charge in [-0.3, -0.25) is 0 Å². The van der Waals surface area contributed by atoms with Crippen LogP contribution in [-0.4, -0.2) is 10.8 Å². The zero-order valence-electron chi connectivity index (χ0n) is 9.71. The lowest BCUT2D eigenvalue weighted by atomic mass is 9.97. The van der Waals surface area contributed by atoms with Crippen molar-refractivity contribution in [1.29, 1.82) is 0 Å². The summed E-state index contributed by atoms with van der Waals surface area (Å²) < 4.78 is 0. The number of hydrogen-bond donors (Lipinski definition) is 1. The Morgan fingerprint density at radius 2 is 1.50 bits per heavy atom. The molecule has 0 radical (unpaired) electrons. The van der Waals surface area contributed by atoms with Gasteiger partial charge in [0.15, 0.2) is 5.11 Å². The molecule has 88 valence electrons. The first-order valence-corrected chi connectivity index (χ1v) is 6.25. The Balaban J connectivity index is 2.02. The first kappa shape index (κ1) is 11.1. The minimum absolute atomic E-state index is 0.0566. The topological polar surface area (TPSA) is 24.4 Å². The summed E-state index contributed by atoms with van der Waals surface area (Å²) in [6, 6.07) is 20.5. The van der Waals surface area contributed by atoms with Crippen molar-refractivity contribution < 1.29 is 0 Å². The molecule has 2 aromatic rings. The van der Waals surface area contributed by atoms with E-state index in [9.17, 15) is 0 Å². The number of aliphatic imine (C=N–C) groups is 1. The third-order valence-electron chi connectivity index (χ3n) is 2.97. The van der Waals surface area contributed by atoms with E-state index in [-0.39, 0.29) is 6.04 Å². The third-order valence-corrected chi connectivity index (χ3v) is 3.17. The highest BCUT2D eigenvalue weighted by Gasteiger charge is 2.25. The van der Waals surface area contributed by atoms with Crippen molar-refractivity contribution in [2.24, 2.45) is 4.99 Å². The van der Waals surface area contributed by atoms with E-state index in [1.54, 1.807) is 0 Å². The monoisotopic (exact) mass is 252 g/mol. The lowest BCUT2D eigenvalue weighted by molar-refractivity contribution is 0.868. The molecule has 0 spiro atoms. The van der Waals surface area contributed by atoms with E-state index in [0.717, 1.165) is 11.3 Å². The Labute approximate surface area is 111 Å². The third kappa shape index (κ3) is 2.05. The Morgan fingerprint density at radius 1 is 0.889 bits per heavy atom. The van der Waals surface area contributed by atoms with Gasteiger partial charge < -0.3 is 5.32 Å². The highest BCUT2D eigenvalue weighted by molar-refractivity contribution is 7.80. The molecule has 3 rings (SSSR count). The standard InChI is InChI=1S/C15H12N2S/c18-15-16-13(11-7-3-1-4-8-11)14(17-15)12-9-5-2-6-10-12/h1-10,13H,(H,16,18). The van der Waals surface area contributed by atoms with Crippen molar-refractivity contribution in [1.82, 2.24) is 5.32 Å². The van der Waals surface area contributed by atoms with E-state index in [0.29, 0.717) is 5.11 Å². The first-order valence-electron chi connectivity index (χ1n) is 5.84. The van der Waals surface area contributed by atoms with E-state index in [4.69, 9.17) is 12.2 Å². The van der Waals surface area contributed by atoms with Crippen LogP contribution in [0.1, 0.15) is 17.2 Å². The molecule has 0 fully saturated rings. The molecular weight excluding hydrogens is 240 g/mol. The minimum Gasteiger partial charge on any atom is -0.348 e. The Bertz CT molecular complexity index is 590. The molecule has 0 amide bonds. The zero-order valence-corrected chi connectivity index (χ0v) is 10.5. The zero-order chi connectivity index (χ0) is 12.4. The molecule has 0 bridgehead atoms. The van der Waals surface area contributed by atoms with Crippen molar-refractivity contribution in [3.05, 3.63) is 71.8 Å². The minimum atomic E-state index is 0.0566. The second-order valence-electron chi connectivity index (χ2n) is 4.16. The van der Waals surface area contributed by atoms with Gasteiger partial charge in [-0.15, -0.1) is 0 Å². The highest BCUT2D eigenvalue weighted by Crippen LogP contribution is 2.23. The summed E-state index contributed by atoms with van der Waals surface area (Å²) in [5.41, 5.74) is 3.28. The molecule has 0 saturated heterocycles. The normalized spacial score (nSPS) is 18.3. The fourth-order valence-corrected chi connectivity index (χ4v) is 2.34. The fraction of sp³-hybridized carbons (Fsp3) is 0.0667. The maximum absolute atomic E-state index is 5.17. The Kier molecular flexibility index (Phi) is 2.90. The molecule has 1 aliphatic heterocycles. The average Bonchev–Trinajstić information content (AvgIpc) is 2.83. The Hall–Kier alpha value is -2.00. The molecule has 1 unspecified atom stereocenters. The van der Waals surface area contributed by atoms with Gasteiger partial charge in [-0.1, -0.05) is 60.7 Å². The van der Waals surface area contributed by atoms with Crippen molar-refractivity contribution >= 4 is 23.0 Å². The van der Waals surface area contributed by atoms with Crippen LogP contribution in [0.3, 0.4) is 0 Å². The van der Waals surface area contributed by atoms with Crippen LogP contribution in [0.4, 0.5) is 0 Å². The van der Waals surface area contributed by atoms with Crippen LogP contribution in [0.5, 0.6) is 0 Å². The number of nitrogens with one attached hydrogen (secondary N) is 1. The SMILES string of the molecule is S=C1N=C(c2ccccc2)C(c2ccccc2)N1. The summed E-state index contributed by atoms with van der Waals surface area (Å²) in [5.74, 6) is 0. The predicted molar refractivity (Wildman–Crippen MR) is 77.9 cm³/mol. The van der Waals surface area contributed by atoms with Crippen molar-refractivity contribution in [3.8, 4) is 0 Å². The van der Waals surface area contributed by atoms with E-state index in [1.165, 1.54) is 5.56 Å². The van der Waals surface area contributed by atoms with Gasteiger partial charge in [0.2, 0.25) is 0 Å².